The highest BCUT2D eigenvalue weighted by atomic mass is 32.2. The predicted octanol–water partition coefficient (Wildman–Crippen LogP) is 3.68. The van der Waals surface area contributed by atoms with E-state index in [0.717, 1.165) is 5.52 Å². The Morgan fingerprint density at radius 3 is 2.40 bits per heavy atom. The number of halogens is 1. The van der Waals surface area contributed by atoms with Crippen molar-refractivity contribution in [1.82, 2.24) is 4.57 Å². The van der Waals surface area contributed by atoms with Crippen molar-refractivity contribution in [2.45, 2.75) is 44.7 Å². The largest absolute Gasteiger partial charge is 0.345 e. The van der Waals surface area contributed by atoms with Crippen molar-refractivity contribution in [2.24, 2.45) is 0 Å². The van der Waals surface area contributed by atoms with Crippen LogP contribution in [-0.4, -0.2) is 18.2 Å². The molecule has 0 unspecified atom stereocenters. The van der Waals surface area contributed by atoms with Crippen molar-refractivity contribution in [1.29, 1.82) is 0 Å². The highest BCUT2D eigenvalue weighted by Gasteiger charge is 2.22. The average molecular weight is 297 g/mol. The van der Waals surface area contributed by atoms with E-state index < -0.39 is 15.1 Å². The first-order valence-electron chi connectivity index (χ1n) is 6.73. The minimum atomic E-state index is -3.25. The Morgan fingerprint density at radius 2 is 1.85 bits per heavy atom. The lowest BCUT2D eigenvalue weighted by Crippen LogP contribution is -2.16. The minimum absolute atomic E-state index is 0.123. The Hall–Kier alpha value is -1.36. The van der Waals surface area contributed by atoms with Crippen LogP contribution in [0.1, 0.15) is 39.3 Å². The molecule has 0 atom stereocenters. The number of nitrogens with zero attached hydrogens (tertiary/aromatic N) is 1. The number of hydrogen-bond acceptors (Lipinski definition) is 2. The van der Waals surface area contributed by atoms with Gasteiger partial charge in [-0.3, -0.25) is 0 Å². The van der Waals surface area contributed by atoms with Crippen LogP contribution in [0.15, 0.2) is 24.4 Å². The number of hydrogen-bond donors (Lipinski definition) is 0. The van der Waals surface area contributed by atoms with Gasteiger partial charge in [-0.15, -0.1) is 0 Å². The zero-order chi connectivity index (χ0) is 15.1. The van der Waals surface area contributed by atoms with Gasteiger partial charge in [0.25, 0.3) is 0 Å². The van der Waals surface area contributed by atoms with Crippen LogP contribution in [0.2, 0.25) is 0 Å². The summed E-state index contributed by atoms with van der Waals surface area (Å²) < 4.78 is 40.2. The van der Waals surface area contributed by atoms with Crippen LogP contribution in [0.4, 0.5) is 4.39 Å². The molecule has 0 N–H and O–H groups in total. The third-order valence-electron chi connectivity index (χ3n) is 3.52. The smallest absolute Gasteiger partial charge is 0.156 e. The van der Waals surface area contributed by atoms with E-state index in [4.69, 9.17) is 0 Å². The zero-order valence-electron chi connectivity index (χ0n) is 12.2. The van der Waals surface area contributed by atoms with Gasteiger partial charge in [0, 0.05) is 17.6 Å². The molecule has 0 saturated carbocycles. The maximum Gasteiger partial charge on any atom is 0.156 e. The van der Waals surface area contributed by atoms with E-state index in [1.165, 1.54) is 6.07 Å². The molecule has 5 heteroatoms. The Kier molecular flexibility index (Phi) is 3.91. The third-order valence-corrected chi connectivity index (χ3v) is 5.67. The molecule has 1 aromatic carbocycles. The summed E-state index contributed by atoms with van der Waals surface area (Å²) in [5, 5.41) is -0.0443. The van der Waals surface area contributed by atoms with Gasteiger partial charge in [0.05, 0.1) is 16.5 Å². The van der Waals surface area contributed by atoms with Crippen LogP contribution in [0.25, 0.3) is 10.9 Å². The summed E-state index contributed by atoms with van der Waals surface area (Å²) in [5.74, 6) is -0.488. The van der Waals surface area contributed by atoms with Gasteiger partial charge in [0.2, 0.25) is 0 Å². The molecule has 110 valence electrons. The molecule has 0 aliphatic carbocycles. The fourth-order valence-electron chi connectivity index (χ4n) is 2.27. The number of rotatable bonds is 4. The predicted molar refractivity (Wildman–Crippen MR) is 80.0 cm³/mol. The average Bonchev–Trinajstić information content (AvgIpc) is 2.68. The second-order valence-electron chi connectivity index (χ2n) is 5.65. The summed E-state index contributed by atoms with van der Waals surface area (Å²) in [4.78, 5) is 0. The fraction of sp³-hybridized carbons (Fsp3) is 0.467. The molecule has 0 fully saturated rings. The van der Waals surface area contributed by atoms with E-state index in [9.17, 15) is 12.8 Å². The molecule has 1 aromatic heterocycles. The van der Waals surface area contributed by atoms with Gasteiger partial charge in [-0.25, -0.2) is 12.8 Å². The maximum atomic E-state index is 14.1. The summed E-state index contributed by atoms with van der Waals surface area (Å²) in [6.07, 6.45) is 1.76. The molecule has 0 aliphatic heterocycles. The van der Waals surface area contributed by atoms with Gasteiger partial charge >= 0.3 is 0 Å². The van der Waals surface area contributed by atoms with Crippen LogP contribution in [0.3, 0.4) is 0 Å². The molecule has 3 nitrogen and oxygen atoms in total. The number of aromatic nitrogens is 1. The van der Waals surface area contributed by atoms with Gasteiger partial charge in [-0.05, 0) is 45.4 Å². The van der Waals surface area contributed by atoms with E-state index in [1.54, 1.807) is 26.1 Å². The standard InChI is InChI=1S/C15H20FNO2S/c1-10(2)17-8-12(9-20(18,19)11(3)4)15-13(16)6-5-7-14(15)17/h5-8,10-11H,9H2,1-4H3. The van der Waals surface area contributed by atoms with Crippen molar-refractivity contribution < 1.29 is 12.8 Å². The SMILES string of the molecule is CC(C)n1cc(CS(=O)(=O)C(C)C)c2c(F)cccc21. The van der Waals surface area contributed by atoms with Crippen molar-refractivity contribution in [3.63, 3.8) is 0 Å². The molecule has 0 saturated heterocycles. The normalized spacial score (nSPS) is 12.8. The molecular weight excluding hydrogens is 277 g/mol. The van der Waals surface area contributed by atoms with Crippen LogP contribution in [-0.2, 0) is 15.6 Å². The summed E-state index contributed by atoms with van der Waals surface area (Å²) in [6.45, 7) is 7.27. The number of sulfone groups is 1. The first-order chi connectivity index (χ1) is 9.24. The van der Waals surface area contributed by atoms with Crippen molar-refractivity contribution in [3.8, 4) is 0 Å². The lowest BCUT2D eigenvalue weighted by Gasteiger charge is -2.08. The van der Waals surface area contributed by atoms with Crippen LogP contribution < -0.4 is 0 Å². The molecular formula is C15H20FNO2S. The summed E-state index contributed by atoms with van der Waals surface area (Å²) in [5.41, 5.74) is 1.29. The number of fused-ring (bicyclic) bond motifs is 1. The molecule has 0 radical (unpaired) electrons. The second kappa shape index (κ2) is 5.20. The Balaban J connectivity index is 2.65. The monoisotopic (exact) mass is 297 g/mol. The van der Waals surface area contributed by atoms with E-state index in [-0.39, 0.29) is 17.6 Å². The van der Waals surface area contributed by atoms with Crippen molar-refractivity contribution in [3.05, 3.63) is 35.8 Å². The second-order valence-corrected chi connectivity index (χ2v) is 8.20. The van der Waals surface area contributed by atoms with Gasteiger partial charge in [-0.1, -0.05) is 6.07 Å². The first kappa shape index (κ1) is 15.0. The first-order valence-corrected chi connectivity index (χ1v) is 8.45. The Morgan fingerprint density at radius 1 is 1.20 bits per heavy atom. The zero-order valence-corrected chi connectivity index (χ0v) is 13.0. The highest BCUT2D eigenvalue weighted by molar-refractivity contribution is 7.91. The molecule has 0 bridgehead atoms. The molecule has 0 aliphatic rings. The Labute approximate surface area is 119 Å². The third kappa shape index (κ3) is 2.59. The Bertz CT molecular complexity index is 730. The van der Waals surface area contributed by atoms with E-state index in [1.807, 2.05) is 24.5 Å². The summed E-state index contributed by atoms with van der Waals surface area (Å²) in [6, 6.07) is 4.99. The van der Waals surface area contributed by atoms with Crippen molar-refractivity contribution >= 4 is 20.7 Å². The van der Waals surface area contributed by atoms with E-state index >= 15 is 0 Å². The summed E-state index contributed by atoms with van der Waals surface area (Å²) >= 11 is 0. The molecule has 0 spiro atoms. The molecule has 0 amide bonds. The molecule has 2 aromatic rings. The van der Waals surface area contributed by atoms with Gasteiger partial charge in [0.1, 0.15) is 5.82 Å². The van der Waals surface area contributed by atoms with Gasteiger partial charge in [-0.2, -0.15) is 0 Å². The fourth-order valence-corrected chi connectivity index (χ4v) is 3.25. The molecule has 20 heavy (non-hydrogen) atoms. The van der Waals surface area contributed by atoms with Gasteiger partial charge < -0.3 is 4.57 Å². The van der Waals surface area contributed by atoms with E-state index in [2.05, 4.69) is 0 Å². The minimum Gasteiger partial charge on any atom is -0.345 e. The maximum absolute atomic E-state index is 14.1. The molecule has 1 heterocycles. The van der Waals surface area contributed by atoms with Crippen molar-refractivity contribution in [2.75, 3.05) is 0 Å². The highest BCUT2D eigenvalue weighted by Crippen LogP contribution is 2.29. The molecule has 2 rings (SSSR count). The van der Waals surface area contributed by atoms with Gasteiger partial charge in [0.15, 0.2) is 9.84 Å². The van der Waals surface area contributed by atoms with Crippen LogP contribution >= 0.6 is 0 Å². The lowest BCUT2D eigenvalue weighted by molar-refractivity contribution is 0.586. The number of benzene rings is 1. The van der Waals surface area contributed by atoms with Crippen LogP contribution in [0, 0.1) is 5.82 Å². The van der Waals surface area contributed by atoms with Crippen LogP contribution in [0.5, 0.6) is 0 Å². The lowest BCUT2D eigenvalue weighted by atomic mass is 10.2. The summed E-state index contributed by atoms with van der Waals surface area (Å²) in [7, 11) is -3.25. The van der Waals surface area contributed by atoms with E-state index in [0.29, 0.717) is 10.9 Å². The quantitative estimate of drug-likeness (QED) is 0.863. The topological polar surface area (TPSA) is 39.1 Å².